The van der Waals surface area contributed by atoms with E-state index in [1.54, 1.807) is 0 Å². The predicted octanol–water partition coefficient (Wildman–Crippen LogP) is 4.14. The van der Waals surface area contributed by atoms with Crippen molar-refractivity contribution in [3.05, 3.63) is 40.3 Å². The molecule has 2 aromatic rings. The average molecular weight is 346 g/mol. The molecule has 0 bridgehead atoms. The second-order valence-electron chi connectivity index (χ2n) is 5.88. The molecule has 120 valence electrons. The third-order valence-electron chi connectivity index (χ3n) is 4.21. The zero-order valence-electron chi connectivity index (χ0n) is 12.9. The number of hydrogen-bond donors (Lipinski definition) is 0. The maximum atomic E-state index is 13.0. The summed E-state index contributed by atoms with van der Waals surface area (Å²) in [5.74, 6) is 0.900. The molecule has 23 heavy (non-hydrogen) atoms. The summed E-state index contributed by atoms with van der Waals surface area (Å²) in [5, 5.41) is 2.80. The molecule has 0 saturated carbocycles. The number of ether oxygens (including phenoxy) is 1. The molecular formula is C17H18N2O2S2. The number of nitrogens with zero attached hydrogens (tertiary/aromatic N) is 2. The Balaban J connectivity index is 1.63. The molecule has 0 unspecified atom stereocenters. The van der Waals surface area contributed by atoms with Crippen molar-refractivity contribution in [2.45, 2.75) is 36.8 Å². The number of para-hydroxylation sites is 1. The average Bonchev–Trinajstić information content (AvgIpc) is 3.25. The van der Waals surface area contributed by atoms with Crippen LogP contribution in [0.1, 0.15) is 41.4 Å². The highest BCUT2D eigenvalue weighted by Gasteiger charge is 2.31. The first-order valence-electron chi connectivity index (χ1n) is 7.86. The number of aromatic nitrogens is 1. The highest BCUT2D eigenvalue weighted by Crippen LogP contribution is 2.38. The molecule has 4 rings (SSSR count). The topological polar surface area (TPSA) is 42.4 Å². The molecule has 2 aliphatic rings. The van der Waals surface area contributed by atoms with E-state index in [4.69, 9.17) is 4.74 Å². The predicted molar refractivity (Wildman–Crippen MR) is 93.5 cm³/mol. The van der Waals surface area contributed by atoms with Crippen molar-refractivity contribution >= 4 is 34.7 Å². The summed E-state index contributed by atoms with van der Waals surface area (Å²) < 4.78 is 5.67. The van der Waals surface area contributed by atoms with Crippen molar-refractivity contribution in [2.24, 2.45) is 0 Å². The van der Waals surface area contributed by atoms with E-state index >= 15 is 0 Å². The van der Waals surface area contributed by atoms with Gasteiger partial charge >= 0.3 is 0 Å². The Morgan fingerprint density at radius 2 is 2.26 bits per heavy atom. The Hall–Kier alpha value is -1.37. The Kier molecular flexibility index (Phi) is 4.13. The zero-order valence-corrected chi connectivity index (χ0v) is 14.5. The number of benzene rings is 1. The van der Waals surface area contributed by atoms with Gasteiger partial charge in [0.2, 0.25) is 0 Å². The van der Waals surface area contributed by atoms with Crippen molar-refractivity contribution in [3.63, 3.8) is 0 Å². The third-order valence-corrected chi connectivity index (χ3v) is 6.45. The second kappa shape index (κ2) is 6.26. The molecule has 4 nitrogen and oxygen atoms in total. The van der Waals surface area contributed by atoms with E-state index in [9.17, 15) is 4.79 Å². The maximum Gasteiger partial charge on any atom is 0.278 e. The fourth-order valence-corrected chi connectivity index (χ4v) is 4.97. The maximum absolute atomic E-state index is 13.0. The van der Waals surface area contributed by atoms with Gasteiger partial charge in [-0.3, -0.25) is 4.79 Å². The number of hydrogen-bond acceptors (Lipinski definition) is 5. The molecular weight excluding hydrogens is 328 g/mol. The van der Waals surface area contributed by atoms with Crippen LogP contribution in [0, 0.1) is 0 Å². The fraction of sp³-hybridized carbons (Fsp3) is 0.412. The van der Waals surface area contributed by atoms with Crippen LogP contribution in [0.15, 0.2) is 34.5 Å². The first-order chi connectivity index (χ1) is 11.2. The molecule has 0 N–H and O–H groups in total. The minimum absolute atomic E-state index is 0.00857. The van der Waals surface area contributed by atoms with Gasteiger partial charge in [0.05, 0.1) is 5.69 Å². The normalized spacial score (nSPS) is 23.8. The van der Waals surface area contributed by atoms with E-state index in [1.165, 1.54) is 11.3 Å². The Morgan fingerprint density at radius 3 is 3.09 bits per heavy atom. The molecule has 6 heteroatoms. The lowest BCUT2D eigenvalue weighted by atomic mass is 10.2. The van der Waals surface area contributed by atoms with Crippen LogP contribution >= 0.6 is 23.1 Å². The van der Waals surface area contributed by atoms with Crippen LogP contribution in [-0.4, -0.2) is 29.3 Å². The fourth-order valence-electron chi connectivity index (χ4n) is 3.04. The first kappa shape index (κ1) is 15.2. The molecule has 0 radical (unpaired) electrons. The Morgan fingerprint density at radius 1 is 1.39 bits per heavy atom. The summed E-state index contributed by atoms with van der Waals surface area (Å²) in [4.78, 5) is 20.6. The van der Waals surface area contributed by atoms with E-state index in [0.717, 1.165) is 40.8 Å². The van der Waals surface area contributed by atoms with Gasteiger partial charge in [0.25, 0.3) is 5.91 Å². The number of carbonyl (C=O) groups excluding carboxylic acids is 1. The molecule has 1 amide bonds. The number of thiazole rings is 1. The number of amides is 1. The largest absolute Gasteiger partial charge is 0.371 e. The Bertz CT molecular complexity index is 725. The Labute approximate surface area is 143 Å². The number of fused-ring (bicyclic) bond motifs is 1. The van der Waals surface area contributed by atoms with Crippen LogP contribution in [0.5, 0.6) is 0 Å². The molecule has 2 aliphatic heterocycles. The van der Waals surface area contributed by atoms with Gasteiger partial charge in [-0.05, 0) is 31.9 Å². The van der Waals surface area contributed by atoms with E-state index in [0.29, 0.717) is 5.69 Å². The molecule has 0 spiro atoms. The molecule has 1 aromatic carbocycles. The van der Waals surface area contributed by atoms with E-state index < -0.39 is 0 Å². The molecule has 3 heterocycles. The lowest BCUT2D eigenvalue weighted by molar-refractivity contribution is 0.0971. The first-order valence-corrected chi connectivity index (χ1v) is 9.73. The standard InChI is InChI=1S/C17H18N2O2S2/c1-11-9-22-15-7-3-2-5-13(15)19(11)17(20)12-10-23-16(18-12)14-6-4-8-21-14/h2-3,5,7,10-11,14H,4,6,8-9H2,1H3/t11-,14-/m1/s1. The SMILES string of the molecule is C[C@@H]1CSc2ccccc2N1C(=O)c1csc([C@H]2CCCO2)n1. The monoisotopic (exact) mass is 346 g/mol. The quantitative estimate of drug-likeness (QED) is 0.820. The van der Waals surface area contributed by atoms with Crippen molar-refractivity contribution in [2.75, 3.05) is 17.3 Å². The highest BCUT2D eigenvalue weighted by atomic mass is 32.2. The van der Waals surface area contributed by atoms with Gasteiger partial charge in [-0.25, -0.2) is 4.98 Å². The van der Waals surface area contributed by atoms with Crippen LogP contribution in [0.3, 0.4) is 0 Å². The molecule has 0 aliphatic carbocycles. The van der Waals surface area contributed by atoms with Crippen LogP contribution in [0.25, 0.3) is 0 Å². The van der Waals surface area contributed by atoms with Crippen LogP contribution in [-0.2, 0) is 4.74 Å². The summed E-state index contributed by atoms with van der Waals surface area (Å²) in [5.41, 5.74) is 1.53. The van der Waals surface area contributed by atoms with Crippen molar-refractivity contribution < 1.29 is 9.53 Å². The van der Waals surface area contributed by atoms with E-state index in [1.807, 2.05) is 40.2 Å². The van der Waals surface area contributed by atoms with Gasteiger partial charge in [0.1, 0.15) is 16.8 Å². The molecule has 1 fully saturated rings. The molecule has 1 saturated heterocycles. The van der Waals surface area contributed by atoms with Gasteiger partial charge in [-0.2, -0.15) is 0 Å². The van der Waals surface area contributed by atoms with Gasteiger partial charge in [0, 0.05) is 28.7 Å². The highest BCUT2D eigenvalue weighted by molar-refractivity contribution is 7.99. The number of carbonyl (C=O) groups is 1. The number of rotatable bonds is 2. The van der Waals surface area contributed by atoms with E-state index in [2.05, 4.69) is 18.0 Å². The summed E-state index contributed by atoms with van der Waals surface area (Å²) in [6.07, 6.45) is 2.14. The van der Waals surface area contributed by atoms with Gasteiger partial charge in [0.15, 0.2) is 0 Å². The number of anilines is 1. The minimum atomic E-state index is -0.00857. The lowest BCUT2D eigenvalue weighted by Gasteiger charge is -2.34. The van der Waals surface area contributed by atoms with Gasteiger partial charge in [-0.1, -0.05) is 12.1 Å². The smallest absolute Gasteiger partial charge is 0.278 e. The van der Waals surface area contributed by atoms with Gasteiger partial charge < -0.3 is 9.64 Å². The number of thioether (sulfide) groups is 1. The summed E-state index contributed by atoms with van der Waals surface area (Å²) in [7, 11) is 0. The van der Waals surface area contributed by atoms with Crippen molar-refractivity contribution in [1.82, 2.24) is 4.98 Å². The van der Waals surface area contributed by atoms with Crippen molar-refractivity contribution in [1.29, 1.82) is 0 Å². The zero-order chi connectivity index (χ0) is 15.8. The summed E-state index contributed by atoms with van der Waals surface area (Å²) >= 11 is 3.34. The second-order valence-corrected chi connectivity index (χ2v) is 7.83. The van der Waals surface area contributed by atoms with Gasteiger partial charge in [-0.15, -0.1) is 23.1 Å². The third kappa shape index (κ3) is 2.79. The minimum Gasteiger partial charge on any atom is -0.371 e. The molecule has 1 aromatic heterocycles. The van der Waals surface area contributed by atoms with Crippen LogP contribution in [0.2, 0.25) is 0 Å². The van der Waals surface area contributed by atoms with Crippen LogP contribution < -0.4 is 4.90 Å². The lowest BCUT2D eigenvalue weighted by Crippen LogP contribution is -2.42. The van der Waals surface area contributed by atoms with Crippen LogP contribution in [0.4, 0.5) is 5.69 Å². The summed E-state index contributed by atoms with van der Waals surface area (Å²) in [6.45, 7) is 2.88. The summed E-state index contributed by atoms with van der Waals surface area (Å²) in [6, 6.07) is 8.25. The molecule has 2 atom stereocenters. The van der Waals surface area contributed by atoms with E-state index in [-0.39, 0.29) is 18.1 Å². The van der Waals surface area contributed by atoms with Crippen molar-refractivity contribution in [3.8, 4) is 0 Å².